The van der Waals surface area contributed by atoms with Crippen molar-refractivity contribution in [2.75, 3.05) is 0 Å². The maximum Gasteiger partial charge on any atom is 0.0805 e. The Hall–Kier alpha value is -2.48. The van der Waals surface area contributed by atoms with Gasteiger partial charge < -0.3 is 0 Å². The third-order valence-corrected chi connectivity index (χ3v) is 4.17. The largest absolute Gasteiger partial charge is 0.256 e. The number of rotatable bonds is 0. The standard InChI is InChI=1S/C17H10N2/c1-2-4-11-10(3-1)9-14-12-5-7-18-16(12)13-6-8-19-17(13)15(11)14/h1-8H,9H2. The van der Waals surface area contributed by atoms with Crippen molar-refractivity contribution in [1.82, 2.24) is 0 Å². The van der Waals surface area contributed by atoms with Crippen LogP contribution in [-0.4, -0.2) is 6.21 Å². The van der Waals surface area contributed by atoms with E-state index in [0.717, 1.165) is 17.5 Å². The van der Waals surface area contributed by atoms with Gasteiger partial charge in [-0.3, -0.25) is 9.98 Å². The summed E-state index contributed by atoms with van der Waals surface area (Å²) in [5, 5.41) is 2.27. The van der Waals surface area contributed by atoms with E-state index in [9.17, 15) is 0 Å². The van der Waals surface area contributed by atoms with Crippen LogP contribution in [0.25, 0.3) is 23.3 Å². The molecule has 2 heterocycles. The van der Waals surface area contributed by atoms with Crippen LogP contribution >= 0.6 is 0 Å². The fourth-order valence-electron chi connectivity index (χ4n) is 3.38. The Bertz CT molecular complexity index is 931. The molecule has 2 nitrogen and oxygen atoms in total. The Labute approximate surface area is 110 Å². The average Bonchev–Trinajstić information content (AvgIpc) is 3.14. The van der Waals surface area contributed by atoms with Gasteiger partial charge in [0.1, 0.15) is 0 Å². The van der Waals surface area contributed by atoms with Crippen LogP contribution in [0.2, 0.25) is 0 Å². The van der Waals surface area contributed by atoms with Crippen molar-refractivity contribution in [1.29, 1.82) is 0 Å². The topological polar surface area (TPSA) is 24.7 Å². The fraction of sp³-hybridized carbons (Fsp3) is 0.0588. The third-order valence-electron chi connectivity index (χ3n) is 4.17. The molecule has 0 spiro atoms. The van der Waals surface area contributed by atoms with E-state index < -0.39 is 0 Å². The van der Waals surface area contributed by atoms with Crippen molar-refractivity contribution in [2.24, 2.45) is 9.98 Å². The molecule has 0 radical (unpaired) electrons. The van der Waals surface area contributed by atoms with E-state index in [0.29, 0.717) is 0 Å². The minimum atomic E-state index is 0.997. The van der Waals surface area contributed by atoms with Crippen molar-refractivity contribution >= 4 is 24.1 Å². The van der Waals surface area contributed by atoms with Crippen LogP contribution < -0.4 is 10.6 Å². The fourth-order valence-corrected chi connectivity index (χ4v) is 3.38. The summed E-state index contributed by atoms with van der Waals surface area (Å²) in [4.78, 5) is 9.10. The highest BCUT2D eigenvalue weighted by Crippen LogP contribution is 2.42. The van der Waals surface area contributed by atoms with Crippen molar-refractivity contribution < 1.29 is 0 Å². The Morgan fingerprint density at radius 2 is 2.05 bits per heavy atom. The minimum absolute atomic E-state index is 0.997. The van der Waals surface area contributed by atoms with E-state index >= 15 is 0 Å². The number of benzene rings is 2. The summed E-state index contributed by atoms with van der Waals surface area (Å²) < 4.78 is 0. The number of fused-ring (bicyclic) bond motifs is 8. The van der Waals surface area contributed by atoms with Crippen molar-refractivity contribution in [3.8, 4) is 11.1 Å². The lowest BCUT2D eigenvalue weighted by Crippen LogP contribution is -2.27. The Morgan fingerprint density at radius 1 is 1.11 bits per heavy atom. The summed E-state index contributed by atoms with van der Waals surface area (Å²) in [5.74, 6) is 0. The SMILES string of the molecule is C1=Cc2c3c(c4c(c2=N1)=CC=N4)-c1ccccc1C3. The average molecular weight is 242 g/mol. The van der Waals surface area contributed by atoms with Crippen LogP contribution in [0.5, 0.6) is 0 Å². The lowest BCUT2D eigenvalue weighted by Gasteiger charge is -2.07. The lowest BCUT2D eigenvalue weighted by atomic mass is 9.97. The Kier molecular flexibility index (Phi) is 1.54. The first kappa shape index (κ1) is 9.45. The van der Waals surface area contributed by atoms with Crippen LogP contribution in [0.4, 0.5) is 5.69 Å². The quantitative estimate of drug-likeness (QED) is 0.578. The molecule has 0 saturated heterocycles. The van der Waals surface area contributed by atoms with E-state index in [4.69, 9.17) is 0 Å². The molecule has 19 heavy (non-hydrogen) atoms. The van der Waals surface area contributed by atoms with Crippen LogP contribution in [0.3, 0.4) is 0 Å². The predicted molar refractivity (Wildman–Crippen MR) is 77.1 cm³/mol. The first-order valence-electron chi connectivity index (χ1n) is 6.49. The molecule has 5 rings (SSSR count). The zero-order valence-corrected chi connectivity index (χ0v) is 10.2. The van der Waals surface area contributed by atoms with Gasteiger partial charge in [0.25, 0.3) is 0 Å². The Morgan fingerprint density at radius 3 is 3.05 bits per heavy atom. The highest BCUT2D eigenvalue weighted by atomic mass is 14.8. The molecular weight excluding hydrogens is 232 g/mol. The molecule has 88 valence electrons. The molecule has 2 aliphatic heterocycles. The first-order valence-corrected chi connectivity index (χ1v) is 6.49. The molecule has 0 unspecified atom stereocenters. The smallest absolute Gasteiger partial charge is 0.0805 e. The molecular formula is C17H10N2. The second-order valence-corrected chi connectivity index (χ2v) is 5.10. The minimum Gasteiger partial charge on any atom is -0.256 e. The molecule has 3 aliphatic rings. The Balaban J connectivity index is 2.04. The number of hydrogen-bond donors (Lipinski definition) is 0. The summed E-state index contributed by atoms with van der Waals surface area (Å²) in [7, 11) is 0. The first-order chi connectivity index (χ1) is 9.43. The van der Waals surface area contributed by atoms with Gasteiger partial charge in [-0.05, 0) is 35.3 Å². The van der Waals surface area contributed by atoms with Crippen LogP contribution in [0.1, 0.15) is 16.7 Å². The van der Waals surface area contributed by atoms with E-state index in [2.05, 4.69) is 46.4 Å². The molecule has 0 fully saturated rings. The number of nitrogens with zero attached hydrogens (tertiary/aromatic N) is 2. The van der Waals surface area contributed by atoms with Gasteiger partial charge in [0.05, 0.1) is 11.0 Å². The summed E-state index contributed by atoms with van der Waals surface area (Å²) in [6.07, 6.45) is 9.00. The van der Waals surface area contributed by atoms with E-state index in [-0.39, 0.29) is 0 Å². The van der Waals surface area contributed by atoms with E-state index in [1.54, 1.807) is 0 Å². The maximum absolute atomic E-state index is 4.58. The molecule has 1 aliphatic carbocycles. The molecule has 0 bridgehead atoms. The highest BCUT2D eigenvalue weighted by molar-refractivity contribution is 6.02. The van der Waals surface area contributed by atoms with Gasteiger partial charge in [-0.15, -0.1) is 0 Å². The third kappa shape index (κ3) is 1.03. The second-order valence-electron chi connectivity index (χ2n) is 5.10. The van der Waals surface area contributed by atoms with Gasteiger partial charge in [-0.2, -0.15) is 0 Å². The van der Waals surface area contributed by atoms with Crippen LogP contribution in [0.15, 0.2) is 40.5 Å². The normalized spacial score (nSPS) is 15.6. The zero-order chi connectivity index (χ0) is 12.4. The van der Waals surface area contributed by atoms with Crippen molar-refractivity contribution in [3.63, 3.8) is 0 Å². The monoisotopic (exact) mass is 242 g/mol. The molecule has 2 aromatic rings. The van der Waals surface area contributed by atoms with Gasteiger partial charge in [0.15, 0.2) is 0 Å². The molecule has 0 N–H and O–H groups in total. The summed E-state index contributed by atoms with van der Waals surface area (Å²) in [5.41, 5.74) is 7.83. The number of aliphatic imine (C=N–C) groups is 1. The van der Waals surface area contributed by atoms with Gasteiger partial charge in [-0.1, -0.05) is 24.3 Å². The number of hydrogen-bond acceptors (Lipinski definition) is 2. The van der Waals surface area contributed by atoms with Crippen LogP contribution in [-0.2, 0) is 6.42 Å². The van der Waals surface area contributed by atoms with Gasteiger partial charge >= 0.3 is 0 Å². The maximum atomic E-state index is 4.58. The van der Waals surface area contributed by atoms with Crippen LogP contribution in [0, 0.1) is 0 Å². The van der Waals surface area contributed by atoms with E-state index in [1.807, 2.05) is 12.4 Å². The van der Waals surface area contributed by atoms with Crippen molar-refractivity contribution in [3.05, 3.63) is 57.7 Å². The molecule has 2 heteroatoms. The highest BCUT2D eigenvalue weighted by Gasteiger charge is 2.27. The molecule has 2 aromatic carbocycles. The predicted octanol–water partition coefficient (Wildman–Crippen LogP) is 2.36. The molecule has 0 atom stereocenters. The molecule has 0 saturated carbocycles. The summed E-state index contributed by atoms with van der Waals surface area (Å²) in [6.45, 7) is 0. The summed E-state index contributed by atoms with van der Waals surface area (Å²) >= 11 is 0. The second kappa shape index (κ2) is 3.09. The van der Waals surface area contributed by atoms with E-state index in [1.165, 1.54) is 33.0 Å². The summed E-state index contributed by atoms with van der Waals surface area (Å²) in [6, 6.07) is 8.64. The van der Waals surface area contributed by atoms with Gasteiger partial charge in [0, 0.05) is 28.8 Å². The zero-order valence-electron chi connectivity index (χ0n) is 10.2. The lowest BCUT2D eigenvalue weighted by molar-refractivity contribution is 1.22. The van der Waals surface area contributed by atoms with Crippen molar-refractivity contribution in [2.45, 2.75) is 6.42 Å². The molecule has 0 amide bonds. The molecule has 0 aromatic heterocycles. The van der Waals surface area contributed by atoms with Gasteiger partial charge in [0.2, 0.25) is 0 Å². The van der Waals surface area contributed by atoms with Gasteiger partial charge in [-0.25, -0.2) is 0 Å².